The lowest BCUT2D eigenvalue weighted by Gasteiger charge is -2.36. The number of esters is 2. The molecule has 2 aliphatic carbocycles. The van der Waals surface area contributed by atoms with Gasteiger partial charge in [0.2, 0.25) is 7.44 Å². The van der Waals surface area contributed by atoms with Crippen LogP contribution in [-0.2, 0) is 34.9 Å². The first-order valence-electron chi connectivity index (χ1n) is 17.1. The van der Waals surface area contributed by atoms with E-state index < -0.39 is 36.6 Å². The highest BCUT2D eigenvalue weighted by atomic mass is 31.2. The summed E-state index contributed by atoms with van der Waals surface area (Å²) in [5.41, 5.74) is 4.29. The number of nitrogen functional groups attached to an aromatic ring is 1. The topological polar surface area (TPSA) is 173 Å². The van der Waals surface area contributed by atoms with Crippen LogP contribution in [0.3, 0.4) is 0 Å². The van der Waals surface area contributed by atoms with Crippen molar-refractivity contribution in [1.82, 2.24) is 29.7 Å². The molecule has 0 unspecified atom stereocenters. The number of rotatable bonds is 15. The normalized spacial score (nSPS) is 24.4. The Hall–Kier alpha value is -2.60. The smallest absolute Gasteiger partial charge is 0.326 e. The first-order valence-corrected chi connectivity index (χ1v) is 19.0. The third-order valence-electron chi connectivity index (χ3n) is 9.54. The quantitative estimate of drug-likeness (QED) is 0.161. The SMILES string of the molecule is CC1CCC(COC(=O)C(C)(C)NP(=O)(CO[C@H](C)Cn2cnc3c(N)ncnc32)NC(C)(C)C(=O)OCC2CCC(C)CC2)CC1. The number of fused-ring (bicyclic) bond motifs is 1. The van der Waals surface area contributed by atoms with Crippen molar-refractivity contribution in [3.05, 3.63) is 12.7 Å². The highest BCUT2D eigenvalue weighted by Gasteiger charge is 2.43. The maximum Gasteiger partial charge on any atom is 0.326 e. The van der Waals surface area contributed by atoms with Crippen LogP contribution in [0.2, 0.25) is 0 Å². The molecule has 264 valence electrons. The summed E-state index contributed by atoms with van der Waals surface area (Å²) in [6.45, 7) is 13.8. The van der Waals surface area contributed by atoms with Crippen LogP contribution in [0.4, 0.5) is 5.82 Å². The molecule has 0 bridgehead atoms. The number of hydrogen-bond acceptors (Lipinski definition) is 10. The predicted molar refractivity (Wildman–Crippen MR) is 181 cm³/mol. The van der Waals surface area contributed by atoms with Crippen molar-refractivity contribution < 1.29 is 28.4 Å². The van der Waals surface area contributed by atoms with Crippen molar-refractivity contribution in [3.63, 3.8) is 0 Å². The van der Waals surface area contributed by atoms with Crippen LogP contribution in [0, 0.1) is 23.7 Å². The van der Waals surface area contributed by atoms with E-state index in [2.05, 4.69) is 39.0 Å². The predicted octanol–water partition coefficient (Wildman–Crippen LogP) is 5.44. The minimum Gasteiger partial charge on any atom is -0.464 e. The molecular weight excluding hydrogens is 621 g/mol. The highest BCUT2D eigenvalue weighted by molar-refractivity contribution is 7.59. The summed E-state index contributed by atoms with van der Waals surface area (Å²) in [5.74, 6) is 1.28. The molecule has 14 heteroatoms. The van der Waals surface area contributed by atoms with E-state index in [0.717, 1.165) is 51.4 Å². The Morgan fingerprint density at radius 3 is 1.87 bits per heavy atom. The fourth-order valence-corrected chi connectivity index (χ4v) is 9.06. The van der Waals surface area contributed by atoms with Gasteiger partial charge in [-0.2, -0.15) is 0 Å². The molecule has 0 amide bonds. The summed E-state index contributed by atoms with van der Waals surface area (Å²) in [5, 5.41) is 6.04. The average Bonchev–Trinajstić information content (AvgIpc) is 3.42. The zero-order valence-electron chi connectivity index (χ0n) is 29.3. The average molecular weight is 678 g/mol. The van der Waals surface area contributed by atoms with Gasteiger partial charge in [0.05, 0.1) is 32.2 Å². The zero-order chi connectivity index (χ0) is 34.4. The van der Waals surface area contributed by atoms with Crippen LogP contribution >= 0.6 is 7.44 Å². The summed E-state index contributed by atoms with van der Waals surface area (Å²) in [6, 6.07) is 0. The number of anilines is 1. The molecule has 0 spiro atoms. The molecular formula is C33H56N7O6P. The largest absolute Gasteiger partial charge is 0.464 e. The standard InChI is InChI=1S/C33H56N7O6P/c1-22-8-12-25(13-9-22)17-44-30(41)32(4,5)38-47(43,39-33(6,7)31(42)45-18-26-14-10-23(2)11-15-26)21-46-24(3)16-40-20-37-27-28(34)35-19-36-29(27)40/h19-20,22-26H,8-18,21H2,1-7H3,(H2,34,35,36)(H2,38,39,43)/t22?,23?,24-,25?,26?,47?/m1/s1. The van der Waals surface area contributed by atoms with E-state index in [1.807, 2.05) is 6.92 Å². The van der Waals surface area contributed by atoms with E-state index in [4.69, 9.17) is 19.9 Å². The Morgan fingerprint density at radius 2 is 1.38 bits per heavy atom. The number of aromatic nitrogens is 4. The maximum absolute atomic E-state index is 14.7. The number of hydrogen-bond donors (Lipinski definition) is 3. The maximum atomic E-state index is 14.7. The van der Waals surface area contributed by atoms with Crippen molar-refractivity contribution in [2.75, 3.05) is 25.3 Å². The molecule has 2 aromatic rings. The molecule has 4 N–H and O–H groups in total. The molecule has 2 fully saturated rings. The number of ether oxygens (including phenoxy) is 3. The zero-order valence-corrected chi connectivity index (χ0v) is 30.2. The Labute approximate surface area is 279 Å². The van der Waals surface area contributed by atoms with Crippen LogP contribution in [0.25, 0.3) is 11.2 Å². The second kappa shape index (κ2) is 15.7. The van der Waals surface area contributed by atoms with Gasteiger partial charge in [-0.25, -0.2) is 25.1 Å². The van der Waals surface area contributed by atoms with Crippen LogP contribution in [0.1, 0.15) is 99.8 Å². The van der Waals surface area contributed by atoms with Gasteiger partial charge >= 0.3 is 11.9 Å². The first kappa shape index (κ1) is 37.2. The van der Waals surface area contributed by atoms with Crippen LogP contribution in [0.5, 0.6) is 0 Å². The van der Waals surface area contributed by atoms with Gasteiger partial charge in [-0.05, 0) is 84.0 Å². The van der Waals surface area contributed by atoms with Gasteiger partial charge in [0.1, 0.15) is 29.3 Å². The molecule has 0 aromatic carbocycles. The summed E-state index contributed by atoms with van der Waals surface area (Å²) in [4.78, 5) is 39.3. The number of imidazole rings is 1. The number of nitrogens with zero attached hydrogens (tertiary/aromatic N) is 4. The molecule has 4 rings (SSSR count). The van der Waals surface area contributed by atoms with Crippen LogP contribution in [-0.4, -0.2) is 68.2 Å². The van der Waals surface area contributed by atoms with Gasteiger partial charge in [0.25, 0.3) is 0 Å². The molecule has 2 saturated carbocycles. The monoisotopic (exact) mass is 677 g/mol. The van der Waals surface area contributed by atoms with E-state index in [0.29, 0.717) is 54.6 Å². The third-order valence-corrected chi connectivity index (χ3v) is 11.9. The Bertz CT molecular complexity index is 1340. The van der Waals surface area contributed by atoms with E-state index in [1.165, 1.54) is 6.33 Å². The molecule has 0 aliphatic heterocycles. The lowest BCUT2D eigenvalue weighted by molar-refractivity contribution is -0.151. The summed E-state index contributed by atoms with van der Waals surface area (Å²) in [6.07, 6.45) is 10.8. The van der Waals surface area contributed by atoms with Crippen molar-refractivity contribution >= 4 is 36.4 Å². The summed E-state index contributed by atoms with van der Waals surface area (Å²) >= 11 is 0. The van der Waals surface area contributed by atoms with Crippen molar-refractivity contribution in [1.29, 1.82) is 0 Å². The molecule has 13 nitrogen and oxygen atoms in total. The number of nitrogens with one attached hydrogen (secondary N) is 2. The van der Waals surface area contributed by atoms with Gasteiger partial charge in [-0.1, -0.05) is 39.5 Å². The first-order chi connectivity index (χ1) is 22.1. The molecule has 2 aliphatic rings. The molecule has 0 saturated heterocycles. The van der Waals surface area contributed by atoms with Gasteiger partial charge in [-0.15, -0.1) is 0 Å². The number of nitrogens with two attached hydrogens (primary N) is 1. The van der Waals surface area contributed by atoms with E-state index in [9.17, 15) is 14.2 Å². The van der Waals surface area contributed by atoms with E-state index >= 15 is 0 Å². The van der Waals surface area contributed by atoms with Crippen molar-refractivity contribution in [3.8, 4) is 0 Å². The molecule has 47 heavy (non-hydrogen) atoms. The van der Waals surface area contributed by atoms with Gasteiger partial charge in [-0.3, -0.25) is 14.2 Å². The second-order valence-electron chi connectivity index (χ2n) is 15.1. The van der Waals surface area contributed by atoms with Crippen molar-refractivity contribution in [2.24, 2.45) is 23.7 Å². The fourth-order valence-electron chi connectivity index (χ4n) is 6.42. The van der Waals surface area contributed by atoms with Crippen LogP contribution in [0.15, 0.2) is 12.7 Å². The molecule has 1 atom stereocenters. The number of carbonyl (C=O) groups is 2. The minimum absolute atomic E-state index is 0.277. The fraction of sp³-hybridized carbons (Fsp3) is 0.788. The lowest BCUT2D eigenvalue weighted by atomic mass is 9.83. The highest BCUT2D eigenvalue weighted by Crippen LogP contribution is 2.42. The number of carbonyl (C=O) groups excluding carboxylic acids is 2. The van der Waals surface area contributed by atoms with E-state index in [1.54, 1.807) is 38.6 Å². The van der Waals surface area contributed by atoms with Crippen LogP contribution < -0.4 is 15.9 Å². The van der Waals surface area contributed by atoms with Gasteiger partial charge in [0.15, 0.2) is 11.5 Å². The van der Waals surface area contributed by atoms with Gasteiger partial charge in [0, 0.05) is 0 Å². The molecule has 2 aromatic heterocycles. The Morgan fingerprint density at radius 1 is 0.894 bits per heavy atom. The molecule has 2 heterocycles. The summed E-state index contributed by atoms with van der Waals surface area (Å²) < 4.78 is 34.1. The second-order valence-corrected chi connectivity index (χ2v) is 17.3. The minimum atomic E-state index is -3.79. The van der Waals surface area contributed by atoms with E-state index in [-0.39, 0.29) is 12.2 Å². The Balaban J connectivity index is 1.43. The van der Waals surface area contributed by atoms with Crippen molar-refractivity contribution in [2.45, 2.75) is 124 Å². The third kappa shape index (κ3) is 10.4. The van der Waals surface area contributed by atoms with Gasteiger partial charge < -0.3 is 24.5 Å². The Kier molecular flexibility index (Phi) is 12.5. The summed E-state index contributed by atoms with van der Waals surface area (Å²) in [7, 11) is -3.79. The molecule has 0 radical (unpaired) electrons. The lowest BCUT2D eigenvalue weighted by Crippen LogP contribution is -2.54.